The predicted molar refractivity (Wildman–Crippen MR) is 68.9 cm³/mol. The molecule has 0 aliphatic rings. The summed E-state index contributed by atoms with van der Waals surface area (Å²) < 4.78 is 0. The van der Waals surface area contributed by atoms with Gasteiger partial charge in [0, 0.05) is 37.0 Å². The van der Waals surface area contributed by atoms with Gasteiger partial charge in [0.25, 0.3) is 0 Å². The molecule has 4 heteroatoms. The summed E-state index contributed by atoms with van der Waals surface area (Å²) in [7, 11) is 1.86. The van der Waals surface area contributed by atoms with Gasteiger partial charge in [-0.2, -0.15) is 0 Å². The number of aromatic nitrogens is 3. The van der Waals surface area contributed by atoms with E-state index in [1.807, 2.05) is 32.2 Å². The van der Waals surface area contributed by atoms with Crippen molar-refractivity contribution in [1.29, 1.82) is 0 Å². The first kappa shape index (κ1) is 11.5. The fourth-order valence-corrected chi connectivity index (χ4v) is 1.64. The van der Waals surface area contributed by atoms with Gasteiger partial charge in [0.05, 0.1) is 5.69 Å². The second-order valence-corrected chi connectivity index (χ2v) is 3.84. The third-order valence-corrected chi connectivity index (χ3v) is 2.54. The summed E-state index contributed by atoms with van der Waals surface area (Å²) in [5.41, 5.74) is 3.00. The monoisotopic (exact) mass is 228 g/mol. The normalized spacial score (nSPS) is 10.3. The van der Waals surface area contributed by atoms with Crippen LogP contribution in [0.3, 0.4) is 0 Å². The molecule has 0 amide bonds. The van der Waals surface area contributed by atoms with Crippen LogP contribution in [-0.4, -0.2) is 22.0 Å². The molecule has 0 radical (unpaired) electrons. The second-order valence-electron chi connectivity index (χ2n) is 3.84. The van der Waals surface area contributed by atoms with E-state index in [9.17, 15) is 0 Å². The van der Waals surface area contributed by atoms with Crippen molar-refractivity contribution in [2.45, 2.75) is 20.3 Å². The Kier molecular flexibility index (Phi) is 3.32. The molecule has 2 aromatic rings. The quantitative estimate of drug-likeness (QED) is 0.876. The van der Waals surface area contributed by atoms with Crippen molar-refractivity contribution in [3.63, 3.8) is 0 Å². The van der Waals surface area contributed by atoms with E-state index in [0.717, 1.165) is 35.0 Å². The van der Waals surface area contributed by atoms with Gasteiger partial charge in [0.15, 0.2) is 0 Å². The van der Waals surface area contributed by atoms with Gasteiger partial charge in [-0.3, -0.25) is 4.98 Å². The maximum absolute atomic E-state index is 4.53. The van der Waals surface area contributed by atoms with Crippen LogP contribution in [0.5, 0.6) is 0 Å². The van der Waals surface area contributed by atoms with Crippen molar-refractivity contribution in [3.05, 3.63) is 35.9 Å². The van der Waals surface area contributed by atoms with Gasteiger partial charge < -0.3 is 5.32 Å². The summed E-state index contributed by atoms with van der Waals surface area (Å²) in [6.45, 7) is 4.03. The summed E-state index contributed by atoms with van der Waals surface area (Å²) >= 11 is 0. The van der Waals surface area contributed by atoms with Gasteiger partial charge >= 0.3 is 0 Å². The maximum atomic E-state index is 4.53. The first-order chi connectivity index (χ1) is 8.22. The molecule has 0 spiro atoms. The SMILES string of the molecule is CCc1nc(NC)cc(-c2ccnc(C)c2)n1. The Balaban J connectivity index is 2.50. The van der Waals surface area contributed by atoms with Crippen molar-refractivity contribution in [1.82, 2.24) is 15.0 Å². The molecule has 1 N–H and O–H groups in total. The molecular formula is C13H16N4. The van der Waals surface area contributed by atoms with E-state index in [-0.39, 0.29) is 0 Å². The molecule has 0 bridgehead atoms. The zero-order chi connectivity index (χ0) is 12.3. The van der Waals surface area contributed by atoms with Crippen LogP contribution in [0.15, 0.2) is 24.4 Å². The Morgan fingerprint density at radius 1 is 1.24 bits per heavy atom. The number of pyridine rings is 1. The lowest BCUT2D eigenvalue weighted by atomic mass is 10.1. The fourth-order valence-electron chi connectivity index (χ4n) is 1.64. The summed E-state index contributed by atoms with van der Waals surface area (Å²) in [5, 5.41) is 3.06. The minimum Gasteiger partial charge on any atom is -0.373 e. The average Bonchev–Trinajstić information content (AvgIpc) is 2.38. The number of aryl methyl sites for hydroxylation is 2. The van der Waals surface area contributed by atoms with E-state index in [4.69, 9.17) is 0 Å². The molecule has 0 saturated heterocycles. The highest BCUT2D eigenvalue weighted by Gasteiger charge is 2.05. The Labute approximate surface area is 101 Å². The highest BCUT2D eigenvalue weighted by atomic mass is 15.0. The van der Waals surface area contributed by atoms with Gasteiger partial charge in [0.1, 0.15) is 11.6 Å². The predicted octanol–water partition coefficient (Wildman–Crippen LogP) is 2.45. The van der Waals surface area contributed by atoms with Crippen molar-refractivity contribution < 1.29 is 0 Å². The topological polar surface area (TPSA) is 50.7 Å². The Bertz CT molecular complexity index is 500. The van der Waals surface area contributed by atoms with Gasteiger partial charge in [-0.25, -0.2) is 9.97 Å². The number of rotatable bonds is 3. The molecule has 0 aromatic carbocycles. The minimum atomic E-state index is 0.826. The highest BCUT2D eigenvalue weighted by Crippen LogP contribution is 2.20. The van der Waals surface area contributed by atoms with Crippen LogP contribution in [0.2, 0.25) is 0 Å². The first-order valence-corrected chi connectivity index (χ1v) is 5.71. The molecule has 0 atom stereocenters. The first-order valence-electron chi connectivity index (χ1n) is 5.71. The van der Waals surface area contributed by atoms with Crippen LogP contribution in [-0.2, 0) is 6.42 Å². The molecule has 0 aliphatic heterocycles. The zero-order valence-corrected chi connectivity index (χ0v) is 10.4. The molecule has 0 aliphatic carbocycles. The maximum Gasteiger partial charge on any atom is 0.131 e. The second kappa shape index (κ2) is 4.91. The number of hydrogen-bond acceptors (Lipinski definition) is 4. The zero-order valence-electron chi connectivity index (χ0n) is 10.4. The molecule has 88 valence electrons. The van der Waals surface area contributed by atoms with Crippen LogP contribution in [0.25, 0.3) is 11.3 Å². The molecule has 4 nitrogen and oxygen atoms in total. The lowest BCUT2D eigenvalue weighted by Gasteiger charge is -2.07. The molecule has 17 heavy (non-hydrogen) atoms. The van der Waals surface area contributed by atoms with E-state index < -0.39 is 0 Å². The Morgan fingerprint density at radius 3 is 2.71 bits per heavy atom. The molecule has 2 heterocycles. The van der Waals surface area contributed by atoms with E-state index in [2.05, 4.69) is 27.2 Å². The van der Waals surface area contributed by atoms with Gasteiger partial charge in [-0.05, 0) is 19.1 Å². The van der Waals surface area contributed by atoms with Crippen LogP contribution in [0, 0.1) is 6.92 Å². The van der Waals surface area contributed by atoms with Crippen LogP contribution in [0.4, 0.5) is 5.82 Å². The van der Waals surface area contributed by atoms with Crippen molar-refractivity contribution >= 4 is 5.82 Å². The summed E-state index contributed by atoms with van der Waals surface area (Å²) in [4.78, 5) is 13.1. The molecular weight excluding hydrogens is 212 g/mol. The lowest BCUT2D eigenvalue weighted by Crippen LogP contribution is -2.00. The van der Waals surface area contributed by atoms with Gasteiger partial charge in [-0.15, -0.1) is 0 Å². The number of hydrogen-bond donors (Lipinski definition) is 1. The molecule has 0 saturated carbocycles. The van der Waals surface area contributed by atoms with E-state index in [1.165, 1.54) is 0 Å². The summed E-state index contributed by atoms with van der Waals surface area (Å²) in [6, 6.07) is 5.95. The third-order valence-electron chi connectivity index (χ3n) is 2.54. The smallest absolute Gasteiger partial charge is 0.131 e. The van der Waals surface area contributed by atoms with Crippen molar-refractivity contribution in [3.8, 4) is 11.3 Å². The fraction of sp³-hybridized carbons (Fsp3) is 0.308. The van der Waals surface area contributed by atoms with Crippen LogP contribution < -0.4 is 5.32 Å². The largest absolute Gasteiger partial charge is 0.373 e. The number of nitrogens with zero attached hydrogens (tertiary/aromatic N) is 3. The van der Waals surface area contributed by atoms with E-state index >= 15 is 0 Å². The number of anilines is 1. The molecule has 0 fully saturated rings. The number of nitrogens with one attached hydrogen (secondary N) is 1. The molecule has 2 rings (SSSR count). The van der Waals surface area contributed by atoms with Crippen LogP contribution in [0.1, 0.15) is 18.4 Å². The summed E-state index contributed by atoms with van der Waals surface area (Å²) in [5.74, 6) is 1.70. The molecule has 0 unspecified atom stereocenters. The van der Waals surface area contributed by atoms with Gasteiger partial charge in [-0.1, -0.05) is 6.92 Å². The van der Waals surface area contributed by atoms with E-state index in [1.54, 1.807) is 6.20 Å². The lowest BCUT2D eigenvalue weighted by molar-refractivity contribution is 0.944. The van der Waals surface area contributed by atoms with Gasteiger partial charge in [0.2, 0.25) is 0 Å². The van der Waals surface area contributed by atoms with Crippen molar-refractivity contribution in [2.75, 3.05) is 12.4 Å². The Morgan fingerprint density at radius 2 is 2.06 bits per heavy atom. The minimum absolute atomic E-state index is 0.826. The average molecular weight is 228 g/mol. The van der Waals surface area contributed by atoms with Crippen LogP contribution >= 0.6 is 0 Å². The highest BCUT2D eigenvalue weighted by molar-refractivity contribution is 5.62. The summed E-state index contributed by atoms with van der Waals surface area (Å²) in [6.07, 6.45) is 2.63. The standard InChI is InChI=1S/C13H16N4/c1-4-12-16-11(8-13(14-3)17-12)10-5-6-15-9(2)7-10/h5-8H,4H2,1-3H3,(H,14,16,17). The third kappa shape index (κ3) is 2.58. The van der Waals surface area contributed by atoms with Crippen molar-refractivity contribution in [2.24, 2.45) is 0 Å². The van der Waals surface area contributed by atoms with E-state index in [0.29, 0.717) is 0 Å². The molecule has 2 aromatic heterocycles. The Hall–Kier alpha value is -1.97.